The van der Waals surface area contributed by atoms with E-state index in [0.717, 1.165) is 22.1 Å². The summed E-state index contributed by atoms with van der Waals surface area (Å²) in [5.74, 6) is 0.0492. The average Bonchev–Trinajstić information content (AvgIpc) is 2.60. The lowest BCUT2D eigenvalue weighted by Gasteiger charge is -2.21. The van der Waals surface area contributed by atoms with E-state index in [1.54, 1.807) is 12.1 Å². The van der Waals surface area contributed by atoms with Gasteiger partial charge >= 0.3 is 5.97 Å². The van der Waals surface area contributed by atoms with Crippen LogP contribution >= 0.6 is 0 Å². The molecule has 4 heteroatoms. The molecule has 23 heavy (non-hydrogen) atoms. The van der Waals surface area contributed by atoms with E-state index in [2.05, 4.69) is 0 Å². The van der Waals surface area contributed by atoms with Crippen LogP contribution in [0.1, 0.15) is 15.9 Å². The molecule has 0 aliphatic carbocycles. The number of hydrogen-bond donors (Lipinski definition) is 1. The maximum atomic E-state index is 12.1. The zero-order chi connectivity index (χ0) is 16.0. The van der Waals surface area contributed by atoms with Crippen LogP contribution in [0.15, 0.2) is 48.5 Å². The minimum absolute atomic E-state index is 0.0432. The molecule has 0 fully saturated rings. The fourth-order valence-electron chi connectivity index (χ4n) is 3.12. The molecule has 1 N–H and O–H groups in total. The van der Waals surface area contributed by atoms with Crippen molar-refractivity contribution < 1.29 is 19.4 Å². The first kappa shape index (κ1) is 13.6. The van der Waals surface area contributed by atoms with Crippen LogP contribution in [-0.2, 0) is 11.3 Å². The van der Waals surface area contributed by atoms with Gasteiger partial charge in [0.15, 0.2) is 11.5 Å². The predicted octanol–water partition coefficient (Wildman–Crippen LogP) is 3.89. The fraction of sp³-hybridized carbons (Fsp3) is 0.105. The van der Waals surface area contributed by atoms with Gasteiger partial charge in [-0.25, -0.2) is 4.79 Å². The largest absolute Gasteiger partial charge is 0.504 e. The van der Waals surface area contributed by atoms with Gasteiger partial charge in [0, 0.05) is 16.3 Å². The highest BCUT2D eigenvalue weighted by Crippen LogP contribution is 2.45. The summed E-state index contributed by atoms with van der Waals surface area (Å²) in [6.45, 7) is 0.178. The monoisotopic (exact) mass is 306 g/mol. The van der Waals surface area contributed by atoms with Crippen molar-refractivity contribution in [2.24, 2.45) is 0 Å². The van der Waals surface area contributed by atoms with E-state index in [1.807, 2.05) is 36.4 Å². The zero-order valence-corrected chi connectivity index (χ0v) is 12.5. The molecule has 3 aromatic rings. The number of benzene rings is 3. The summed E-state index contributed by atoms with van der Waals surface area (Å²) in [6, 6.07) is 15.1. The summed E-state index contributed by atoms with van der Waals surface area (Å²) in [7, 11) is 1.51. The van der Waals surface area contributed by atoms with E-state index >= 15 is 0 Å². The Hall–Kier alpha value is -3.01. The van der Waals surface area contributed by atoms with Gasteiger partial charge in [0.2, 0.25) is 0 Å². The van der Waals surface area contributed by atoms with Crippen LogP contribution in [0, 0.1) is 0 Å². The van der Waals surface area contributed by atoms with Crippen molar-refractivity contribution >= 4 is 16.7 Å². The van der Waals surface area contributed by atoms with Gasteiger partial charge in [-0.2, -0.15) is 0 Å². The standard InChI is InChI=1S/C19H14O4/c1-22-15-9-12-10-23-19(21)14-8-7-13(11-5-3-2-4-6-11)17(16(12)14)18(15)20/h2-9,20H,10H2,1H3. The SMILES string of the molecule is COc1cc2c3c(ccc(-c4ccccc4)c3c1O)C(=O)OC2. The number of phenols is 1. The van der Waals surface area contributed by atoms with E-state index < -0.39 is 0 Å². The minimum Gasteiger partial charge on any atom is -0.504 e. The maximum Gasteiger partial charge on any atom is 0.339 e. The van der Waals surface area contributed by atoms with Crippen molar-refractivity contribution in [3.63, 3.8) is 0 Å². The van der Waals surface area contributed by atoms with Gasteiger partial charge in [-0.1, -0.05) is 36.4 Å². The molecule has 1 aliphatic heterocycles. The molecule has 0 atom stereocenters. The Bertz CT molecular complexity index is 929. The number of methoxy groups -OCH3 is 1. The Labute approximate surface area is 132 Å². The van der Waals surface area contributed by atoms with Crippen LogP contribution < -0.4 is 4.74 Å². The molecule has 0 radical (unpaired) electrons. The number of ether oxygens (including phenoxy) is 2. The topological polar surface area (TPSA) is 55.8 Å². The van der Waals surface area contributed by atoms with Crippen molar-refractivity contribution in [2.45, 2.75) is 6.61 Å². The van der Waals surface area contributed by atoms with Crippen molar-refractivity contribution in [1.29, 1.82) is 0 Å². The lowest BCUT2D eigenvalue weighted by Crippen LogP contribution is -2.13. The smallest absolute Gasteiger partial charge is 0.339 e. The molecule has 1 aliphatic rings. The number of aromatic hydroxyl groups is 1. The van der Waals surface area contributed by atoms with Crippen molar-refractivity contribution in [1.82, 2.24) is 0 Å². The molecule has 0 amide bonds. The molecular formula is C19H14O4. The first-order valence-corrected chi connectivity index (χ1v) is 7.29. The molecule has 0 unspecified atom stereocenters. The van der Waals surface area contributed by atoms with E-state index in [4.69, 9.17) is 9.47 Å². The van der Waals surface area contributed by atoms with Crippen LogP contribution in [0.25, 0.3) is 21.9 Å². The van der Waals surface area contributed by atoms with Gasteiger partial charge < -0.3 is 14.6 Å². The van der Waals surface area contributed by atoms with E-state index in [1.165, 1.54) is 7.11 Å². The first-order valence-electron chi connectivity index (χ1n) is 7.29. The summed E-state index contributed by atoms with van der Waals surface area (Å²) in [4.78, 5) is 12.1. The summed E-state index contributed by atoms with van der Waals surface area (Å²) in [5.41, 5.74) is 3.13. The number of hydrogen-bond acceptors (Lipinski definition) is 4. The number of cyclic esters (lactones) is 1. The van der Waals surface area contributed by atoms with Gasteiger partial charge in [0.05, 0.1) is 12.7 Å². The highest BCUT2D eigenvalue weighted by atomic mass is 16.5. The molecular weight excluding hydrogens is 292 g/mol. The third-order valence-electron chi connectivity index (χ3n) is 4.19. The molecule has 0 saturated heterocycles. The number of esters is 1. The third-order valence-corrected chi connectivity index (χ3v) is 4.19. The molecule has 0 saturated carbocycles. The predicted molar refractivity (Wildman–Crippen MR) is 86.7 cm³/mol. The quantitative estimate of drug-likeness (QED) is 0.730. The Morgan fingerprint density at radius 1 is 1.04 bits per heavy atom. The van der Waals surface area contributed by atoms with E-state index in [9.17, 15) is 9.90 Å². The molecule has 1 heterocycles. The summed E-state index contributed by atoms with van der Waals surface area (Å²) in [5, 5.41) is 12.0. The van der Waals surface area contributed by atoms with Crippen LogP contribution in [0.3, 0.4) is 0 Å². The summed E-state index contributed by atoms with van der Waals surface area (Å²) in [6.07, 6.45) is 0. The second kappa shape index (κ2) is 5.02. The van der Waals surface area contributed by atoms with Crippen LogP contribution in [0.5, 0.6) is 11.5 Å². The number of phenolic OH excluding ortho intramolecular Hbond substituents is 1. The highest BCUT2D eigenvalue weighted by molar-refractivity contribution is 6.14. The van der Waals surface area contributed by atoms with Gasteiger partial charge in [-0.05, 0) is 23.3 Å². The van der Waals surface area contributed by atoms with Crippen LogP contribution in [0.4, 0.5) is 0 Å². The lowest BCUT2D eigenvalue weighted by atomic mass is 9.90. The zero-order valence-electron chi connectivity index (χ0n) is 12.5. The Morgan fingerprint density at radius 2 is 1.78 bits per heavy atom. The molecule has 3 aromatic carbocycles. The van der Waals surface area contributed by atoms with Gasteiger partial charge in [0.1, 0.15) is 6.61 Å². The minimum atomic E-state index is -0.369. The van der Waals surface area contributed by atoms with Crippen molar-refractivity contribution in [2.75, 3.05) is 7.11 Å². The molecule has 114 valence electrons. The van der Waals surface area contributed by atoms with Gasteiger partial charge in [-0.15, -0.1) is 0 Å². The Morgan fingerprint density at radius 3 is 2.52 bits per heavy atom. The van der Waals surface area contributed by atoms with Crippen LogP contribution in [-0.4, -0.2) is 18.2 Å². The molecule has 0 bridgehead atoms. The molecule has 0 spiro atoms. The summed E-state index contributed by atoms with van der Waals surface area (Å²) < 4.78 is 10.5. The number of carbonyl (C=O) groups excluding carboxylic acids is 1. The fourth-order valence-corrected chi connectivity index (χ4v) is 3.12. The highest BCUT2D eigenvalue weighted by Gasteiger charge is 2.26. The van der Waals surface area contributed by atoms with E-state index in [0.29, 0.717) is 16.7 Å². The van der Waals surface area contributed by atoms with Crippen molar-refractivity contribution in [3.8, 4) is 22.6 Å². The van der Waals surface area contributed by atoms with Crippen LogP contribution in [0.2, 0.25) is 0 Å². The van der Waals surface area contributed by atoms with E-state index in [-0.39, 0.29) is 18.3 Å². The average molecular weight is 306 g/mol. The second-order valence-electron chi connectivity index (χ2n) is 5.44. The van der Waals surface area contributed by atoms with Crippen molar-refractivity contribution in [3.05, 3.63) is 59.7 Å². The third kappa shape index (κ3) is 1.95. The second-order valence-corrected chi connectivity index (χ2v) is 5.44. The molecule has 4 rings (SSSR count). The Kier molecular flexibility index (Phi) is 2.98. The lowest BCUT2D eigenvalue weighted by molar-refractivity contribution is 0.0463. The number of carbonyl (C=O) groups is 1. The van der Waals surface area contributed by atoms with Gasteiger partial charge in [-0.3, -0.25) is 0 Å². The Balaban J connectivity index is 2.17. The number of rotatable bonds is 2. The summed E-state index contributed by atoms with van der Waals surface area (Å²) >= 11 is 0. The van der Waals surface area contributed by atoms with Gasteiger partial charge in [0.25, 0.3) is 0 Å². The molecule has 0 aromatic heterocycles. The molecule has 4 nitrogen and oxygen atoms in total. The maximum absolute atomic E-state index is 12.1. The first-order chi connectivity index (χ1) is 11.2. The normalized spacial score (nSPS) is 13.0.